The molecule has 8 nitrogen and oxygen atoms in total. The molecular weight excluding hydrogens is 328 g/mol. The maximum atomic E-state index is 12.5. The third kappa shape index (κ3) is 5.51. The van der Waals surface area contributed by atoms with Crippen molar-refractivity contribution < 1.29 is 28.6 Å². The molecule has 144 valence electrons. The zero-order valence-corrected chi connectivity index (χ0v) is 16.5. The van der Waals surface area contributed by atoms with Crippen molar-refractivity contribution in [3.05, 3.63) is 0 Å². The quantitative estimate of drug-likeness (QED) is 0.528. The van der Waals surface area contributed by atoms with Crippen LogP contribution in [0.25, 0.3) is 0 Å². The molecule has 1 rings (SSSR count). The Kier molecular flexibility index (Phi) is 5.97. The number of esters is 1. The van der Waals surface area contributed by atoms with E-state index in [1.165, 1.54) is 16.9 Å². The minimum atomic E-state index is -1.35. The van der Waals surface area contributed by atoms with Gasteiger partial charge in [0.05, 0.1) is 13.7 Å². The largest absolute Gasteiger partial charge is 0.467 e. The summed E-state index contributed by atoms with van der Waals surface area (Å²) in [5, 5.41) is 0. The zero-order valence-electron chi connectivity index (χ0n) is 16.5. The summed E-state index contributed by atoms with van der Waals surface area (Å²) in [6.07, 6.45) is -1.16. The summed E-state index contributed by atoms with van der Waals surface area (Å²) >= 11 is 0. The Morgan fingerprint density at radius 3 is 1.80 bits per heavy atom. The van der Waals surface area contributed by atoms with Crippen molar-refractivity contribution in [1.82, 2.24) is 9.80 Å². The first-order valence-corrected chi connectivity index (χ1v) is 8.26. The molecule has 0 aromatic heterocycles. The van der Waals surface area contributed by atoms with Crippen LogP contribution in [0.1, 0.15) is 48.5 Å². The summed E-state index contributed by atoms with van der Waals surface area (Å²) in [5.41, 5.74) is -2.70. The van der Waals surface area contributed by atoms with Crippen LogP contribution in [0.2, 0.25) is 0 Å². The van der Waals surface area contributed by atoms with Gasteiger partial charge in [-0.2, -0.15) is 0 Å². The molecule has 1 aliphatic rings. The molecule has 8 heteroatoms. The fourth-order valence-electron chi connectivity index (χ4n) is 2.49. The van der Waals surface area contributed by atoms with Crippen LogP contribution >= 0.6 is 0 Å². The number of amides is 2. The summed E-state index contributed by atoms with van der Waals surface area (Å²) in [6, 6.07) is 0. The third-order valence-corrected chi connectivity index (χ3v) is 3.58. The Labute approximate surface area is 149 Å². The van der Waals surface area contributed by atoms with E-state index in [0.717, 1.165) is 0 Å². The number of methoxy groups -OCH3 is 1. The van der Waals surface area contributed by atoms with Crippen molar-refractivity contribution in [2.75, 3.05) is 26.7 Å². The van der Waals surface area contributed by atoms with Crippen molar-refractivity contribution in [3.63, 3.8) is 0 Å². The van der Waals surface area contributed by atoms with E-state index in [-0.39, 0.29) is 19.6 Å². The number of ether oxygens (including phenoxy) is 3. The molecule has 1 atom stereocenters. The van der Waals surface area contributed by atoms with Crippen LogP contribution in [-0.4, -0.2) is 71.4 Å². The zero-order chi connectivity index (χ0) is 19.6. The Morgan fingerprint density at radius 1 is 0.880 bits per heavy atom. The number of piperazine rings is 1. The minimum absolute atomic E-state index is 0.0339. The minimum Gasteiger partial charge on any atom is -0.467 e. The first-order valence-electron chi connectivity index (χ1n) is 8.26. The van der Waals surface area contributed by atoms with Gasteiger partial charge in [0.15, 0.2) is 5.54 Å². The molecule has 1 heterocycles. The second kappa shape index (κ2) is 7.09. The average molecular weight is 358 g/mol. The Bertz CT molecular complexity index is 534. The third-order valence-electron chi connectivity index (χ3n) is 3.58. The van der Waals surface area contributed by atoms with Gasteiger partial charge < -0.3 is 19.1 Å². The van der Waals surface area contributed by atoms with E-state index in [1.54, 1.807) is 48.5 Å². The maximum absolute atomic E-state index is 12.5. The molecule has 1 saturated heterocycles. The number of hydrogen-bond acceptors (Lipinski definition) is 6. The van der Waals surface area contributed by atoms with E-state index < -0.39 is 34.9 Å². The van der Waals surface area contributed by atoms with E-state index >= 15 is 0 Å². The second-order valence-corrected chi connectivity index (χ2v) is 8.30. The summed E-state index contributed by atoms with van der Waals surface area (Å²) in [5.74, 6) is -0.619. The van der Waals surface area contributed by atoms with Gasteiger partial charge in [-0.3, -0.25) is 4.90 Å². The molecule has 25 heavy (non-hydrogen) atoms. The molecule has 0 N–H and O–H groups in total. The molecule has 1 aliphatic heterocycles. The highest BCUT2D eigenvalue weighted by molar-refractivity contribution is 5.87. The van der Waals surface area contributed by atoms with Crippen molar-refractivity contribution in [3.8, 4) is 0 Å². The predicted molar refractivity (Wildman–Crippen MR) is 91.2 cm³/mol. The Hall–Kier alpha value is -1.99. The SMILES string of the molecule is COC(=O)C1(C)CN(C(=O)OC(C)(C)C)CCN1C(=O)OC(C)(C)C. The molecule has 0 aliphatic carbocycles. The van der Waals surface area contributed by atoms with Crippen LogP contribution in [-0.2, 0) is 19.0 Å². The number of nitrogens with zero attached hydrogens (tertiary/aromatic N) is 2. The summed E-state index contributed by atoms with van der Waals surface area (Å²) in [4.78, 5) is 39.9. The molecule has 0 aromatic rings. The normalized spacial score (nSPS) is 21.6. The maximum Gasteiger partial charge on any atom is 0.411 e. The van der Waals surface area contributed by atoms with Crippen LogP contribution < -0.4 is 0 Å². The van der Waals surface area contributed by atoms with Crippen molar-refractivity contribution >= 4 is 18.2 Å². The lowest BCUT2D eigenvalue weighted by Gasteiger charge is -2.46. The molecule has 1 fully saturated rings. The van der Waals surface area contributed by atoms with Crippen LogP contribution in [0.4, 0.5) is 9.59 Å². The first-order chi connectivity index (χ1) is 11.2. The summed E-state index contributed by atoms with van der Waals surface area (Å²) in [7, 11) is 1.24. The molecular formula is C17H30N2O6. The molecule has 0 spiro atoms. The topological polar surface area (TPSA) is 85.4 Å². The summed E-state index contributed by atoms with van der Waals surface area (Å²) < 4.78 is 15.6. The van der Waals surface area contributed by atoms with E-state index in [2.05, 4.69) is 0 Å². The van der Waals surface area contributed by atoms with Crippen molar-refractivity contribution in [1.29, 1.82) is 0 Å². The van der Waals surface area contributed by atoms with Crippen LogP contribution in [0.5, 0.6) is 0 Å². The predicted octanol–water partition coefficient (Wildman–Crippen LogP) is 2.41. The highest BCUT2D eigenvalue weighted by Crippen LogP contribution is 2.26. The molecule has 1 unspecified atom stereocenters. The van der Waals surface area contributed by atoms with Gasteiger partial charge in [-0.05, 0) is 48.5 Å². The van der Waals surface area contributed by atoms with Gasteiger partial charge in [0.1, 0.15) is 11.2 Å². The highest BCUT2D eigenvalue weighted by Gasteiger charge is 2.50. The number of carbonyl (C=O) groups excluding carboxylic acids is 3. The number of carbonyl (C=O) groups is 3. The van der Waals surface area contributed by atoms with Gasteiger partial charge in [0.2, 0.25) is 0 Å². The van der Waals surface area contributed by atoms with Crippen molar-refractivity contribution in [2.24, 2.45) is 0 Å². The van der Waals surface area contributed by atoms with E-state index in [9.17, 15) is 14.4 Å². The molecule has 0 bridgehead atoms. The monoisotopic (exact) mass is 358 g/mol. The Balaban J connectivity index is 3.03. The molecule has 2 amide bonds. The van der Waals surface area contributed by atoms with Gasteiger partial charge in [-0.1, -0.05) is 0 Å². The smallest absolute Gasteiger partial charge is 0.411 e. The fraction of sp³-hybridized carbons (Fsp3) is 0.824. The van der Waals surface area contributed by atoms with E-state index in [1.807, 2.05) is 0 Å². The number of rotatable bonds is 1. The van der Waals surface area contributed by atoms with E-state index in [0.29, 0.717) is 0 Å². The lowest BCUT2D eigenvalue weighted by molar-refractivity contribution is -0.157. The van der Waals surface area contributed by atoms with Gasteiger partial charge in [0.25, 0.3) is 0 Å². The fourth-order valence-corrected chi connectivity index (χ4v) is 2.49. The van der Waals surface area contributed by atoms with Gasteiger partial charge in [0, 0.05) is 13.1 Å². The molecule has 0 radical (unpaired) electrons. The highest BCUT2D eigenvalue weighted by atomic mass is 16.6. The van der Waals surface area contributed by atoms with Crippen molar-refractivity contribution in [2.45, 2.75) is 65.2 Å². The second-order valence-electron chi connectivity index (χ2n) is 8.30. The van der Waals surface area contributed by atoms with Crippen LogP contribution in [0.3, 0.4) is 0 Å². The molecule has 0 saturated carbocycles. The Morgan fingerprint density at radius 2 is 1.36 bits per heavy atom. The van der Waals surface area contributed by atoms with Gasteiger partial charge in [-0.25, -0.2) is 14.4 Å². The number of hydrogen-bond donors (Lipinski definition) is 0. The lowest BCUT2D eigenvalue weighted by atomic mass is 9.97. The average Bonchev–Trinajstić information content (AvgIpc) is 2.42. The van der Waals surface area contributed by atoms with Crippen LogP contribution in [0.15, 0.2) is 0 Å². The van der Waals surface area contributed by atoms with E-state index in [4.69, 9.17) is 14.2 Å². The molecule has 0 aromatic carbocycles. The lowest BCUT2D eigenvalue weighted by Crippen LogP contribution is -2.67. The standard InChI is InChI=1S/C17H30N2O6/c1-15(2,3)24-13(21)18-9-10-19(14(22)25-16(4,5)6)17(7,11-18)12(20)23-8/h9-11H2,1-8H3. The summed E-state index contributed by atoms with van der Waals surface area (Å²) in [6.45, 7) is 12.4. The van der Waals surface area contributed by atoms with Crippen LogP contribution in [0, 0.1) is 0 Å². The van der Waals surface area contributed by atoms with Gasteiger partial charge in [-0.15, -0.1) is 0 Å². The first kappa shape index (κ1) is 21.1. The van der Waals surface area contributed by atoms with Gasteiger partial charge >= 0.3 is 18.2 Å².